The lowest BCUT2D eigenvalue weighted by Gasteiger charge is -2.54. The van der Waals surface area contributed by atoms with Crippen molar-refractivity contribution in [2.45, 2.75) is 50.5 Å². The van der Waals surface area contributed by atoms with Gasteiger partial charge in [0.05, 0.1) is 57.9 Å². The van der Waals surface area contributed by atoms with E-state index in [0.717, 1.165) is 37.0 Å². The Kier molecular flexibility index (Phi) is 9.79. The monoisotopic (exact) mass is 666 g/mol. The van der Waals surface area contributed by atoms with Gasteiger partial charge in [-0.3, -0.25) is 14.7 Å². The van der Waals surface area contributed by atoms with Crippen molar-refractivity contribution in [1.29, 1.82) is 0 Å². The van der Waals surface area contributed by atoms with Crippen molar-refractivity contribution >= 4 is 23.7 Å². The van der Waals surface area contributed by atoms with Gasteiger partial charge in [-0.1, -0.05) is 0 Å². The van der Waals surface area contributed by atoms with Crippen LogP contribution in [-0.2, 0) is 23.7 Å². The second kappa shape index (κ2) is 14.0. The second-order valence-corrected chi connectivity index (χ2v) is 12.4. The zero-order valence-electron chi connectivity index (χ0n) is 28.1. The Morgan fingerprint density at radius 1 is 0.958 bits per heavy atom. The number of fused-ring (bicyclic) bond motifs is 5. The van der Waals surface area contributed by atoms with Gasteiger partial charge in [-0.25, -0.2) is 9.59 Å². The fourth-order valence-corrected chi connectivity index (χ4v) is 8.04. The van der Waals surface area contributed by atoms with Crippen molar-refractivity contribution in [3.8, 4) is 23.0 Å². The maximum Gasteiger partial charge on any atom is 0.514 e. The predicted molar refractivity (Wildman–Crippen MR) is 170 cm³/mol. The van der Waals surface area contributed by atoms with Crippen LogP contribution in [0.25, 0.3) is 5.57 Å². The number of piperidine rings is 2. The van der Waals surface area contributed by atoms with Gasteiger partial charge in [0.2, 0.25) is 5.75 Å². The number of esters is 2. The Bertz CT molecular complexity index is 1670. The molecule has 2 aromatic rings. The molecule has 0 radical (unpaired) electrons. The number of rotatable bonds is 9. The number of methoxy groups -OCH3 is 5. The summed E-state index contributed by atoms with van der Waals surface area (Å²) in [7, 11) is 7.29. The van der Waals surface area contributed by atoms with E-state index in [1.165, 1.54) is 51.4 Å². The fourth-order valence-electron chi connectivity index (χ4n) is 8.04. The second-order valence-electron chi connectivity index (χ2n) is 12.4. The summed E-state index contributed by atoms with van der Waals surface area (Å²) in [5.74, 6) is -0.855. The Balaban J connectivity index is 1.26. The Hall–Kier alpha value is -4.36. The third kappa shape index (κ3) is 6.05. The molecular formula is C35H42N2O11. The van der Waals surface area contributed by atoms with Gasteiger partial charge < -0.3 is 37.9 Å². The number of hydrogen-bond acceptors (Lipinski definition) is 13. The van der Waals surface area contributed by atoms with Crippen LogP contribution in [0.2, 0.25) is 0 Å². The molecule has 1 saturated carbocycles. The number of ether oxygens (including phenoxy) is 8. The minimum Gasteiger partial charge on any atom is -0.497 e. The molecule has 7 atom stereocenters. The van der Waals surface area contributed by atoms with Crippen LogP contribution in [-0.4, -0.2) is 103 Å². The molecule has 0 amide bonds. The zero-order chi connectivity index (χ0) is 34.1. The molecule has 0 spiro atoms. The van der Waals surface area contributed by atoms with Gasteiger partial charge >= 0.3 is 18.1 Å². The maximum absolute atomic E-state index is 13.7. The summed E-state index contributed by atoms with van der Waals surface area (Å²) in [6.45, 7) is 3.37. The maximum atomic E-state index is 13.7. The van der Waals surface area contributed by atoms with Crippen molar-refractivity contribution in [2.75, 3.05) is 55.2 Å². The van der Waals surface area contributed by atoms with Gasteiger partial charge in [-0.05, 0) is 67.9 Å². The SMILES string of the molecule is CCOC(=O)Oc1c(OC)cc(C(=O)O[C@@H]2C[C@@H]3CN4CCC5=c6ccc(OC)cc6=NC5[C@H]4C[C@@H]3[C@H](C(=O)OC)[C@H]2OC)cc1OC. The summed E-state index contributed by atoms with van der Waals surface area (Å²) in [6, 6.07) is 8.97. The molecule has 2 saturated heterocycles. The molecule has 3 heterocycles. The van der Waals surface area contributed by atoms with Crippen molar-refractivity contribution < 1.29 is 52.3 Å². The fraction of sp³-hybridized carbons (Fsp3) is 0.543. The van der Waals surface area contributed by atoms with Crippen LogP contribution < -0.4 is 29.5 Å². The number of carbonyl (C=O) groups is 3. The molecule has 13 nitrogen and oxygen atoms in total. The molecule has 1 unspecified atom stereocenters. The summed E-state index contributed by atoms with van der Waals surface area (Å²) in [5, 5.41) is 2.12. The van der Waals surface area contributed by atoms with Crippen LogP contribution in [0.15, 0.2) is 35.3 Å². The molecule has 6 rings (SSSR count). The highest BCUT2D eigenvalue weighted by Crippen LogP contribution is 2.48. The lowest BCUT2D eigenvalue weighted by Crippen LogP contribution is -2.62. The molecule has 4 aliphatic rings. The molecule has 0 bridgehead atoms. The first-order valence-corrected chi connectivity index (χ1v) is 16.2. The first-order chi connectivity index (χ1) is 23.2. The molecule has 13 heteroatoms. The highest BCUT2D eigenvalue weighted by Gasteiger charge is 2.55. The van der Waals surface area contributed by atoms with Crippen LogP contribution >= 0.6 is 0 Å². The first kappa shape index (κ1) is 33.5. The number of benzene rings is 2. The largest absolute Gasteiger partial charge is 0.514 e. The Labute approximate surface area is 278 Å². The van der Waals surface area contributed by atoms with Gasteiger partial charge in [0, 0.05) is 37.5 Å². The van der Waals surface area contributed by atoms with E-state index >= 15 is 0 Å². The molecule has 3 fully saturated rings. The predicted octanol–water partition coefficient (Wildman–Crippen LogP) is 2.54. The number of hydrogen-bond donors (Lipinski definition) is 0. The summed E-state index contributed by atoms with van der Waals surface area (Å²) >= 11 is 0. The van der Waals surface area contributed by atoms with Gasteiger partial charge in [-0.15, -0.1) is 0 Å². The Morgan fingerprint density at radius 2 is 1.71 bits per heavy atom. The van der Waals surface area contributed by atoms with Crippen molar-refractivity contribution in [3.05, 3.63) is 46.5 Å². The average molecular weight is 667 g/mol. The normalized spacial score (nSPS) is 27.2. The van der Waals surface area contributed by atoms with E-state index in [1.54, 1.807) is 14.0 Å². The third-order valence-corrected chi connectivity index (χ3v) is 10.1. The molecule has 1 aliphatic carbocycles. The van der Waals surface area contributed by atoms with Gasteiger partial charge in [-0.2, -0.15) is 0 Å². The topological polar surface area (TPSA) is 141 Å². The summed E-state index contributed by atoms with van der Waals surface area (Å²) < 4.78 is 43.8. The molecule has 258 valence electrons. The van der Waals surface area contributed by atoms with Gasteiger partial charge in [0.25, 0.3) is 0 Å². The summed E-state index contributed by atoms with van der Waals surface area (Å²) in [4.78, 5) is 46.8. The molecular weight excluding hydrogens is 624 g/mol. The highest BCUT2D eigenvalue weighted by molar-refractivity contribution is 5.91. The van der Waals surface area contributed by atoms with E-state index in [4.69, 9.17) is 42.9 Å². The number of nitrogens with zero attached hydrogens (tertiary/aromatic N) is 2. The highest BCUT2D eigenvalue weighted by atomic mass is 16.7. The molecule has 0 N–H and O–H groups in total. The van der Waals surface area contributed by atoms with E-state index in [-0.39, 0.29) is 53.3 Å². The standard InChI is InChI=1S/C35H42N2O11/c1-7-46-35(40)48-31-26(42-3)12-18(13-27(31)43-4)33(38)47-28-14-19-17-37-11-10-22-21-9-8-20(41-2)15-24(21)36-30(22)25(37)16-23(19)29(32(28)44-5)34(39)45-6/h8-9,12-13,15,19,23,25,28-30,32H,7,10-11,14,16-17H2,1-6H3/t19-,23+,25-,28-,29+,30?,32+/m1/s1. The van der Waals surface area contributed by atoms with Crippen LogP contribution in [0.5, 0.6) is 23.0 Å². The van der Waals surface area contributed by atoms with Crippen molar-refractivity contribution in [3.63, 3.8) is 0 Å². The first-order valence-electron chi connectivity index (χ1n) is 16.2. The minimum atomic E-state index is -0.943. The smallest absolute Gasteiger partial charge is 0.497 e. The van der Waals surface area contributed by atoms with E-state index in [9.17, 15) is 14.4 Å². The Morgan fingerprint density at radius 3 is 2.35 bits per heavy atom. The molecule has 48 heavy (non-hydrogen) atoms. The van der Waals surface area contributed by atoms with E-state index < -0.39 is 36.2 Å². The molecule has 2 aromatic carbocycles. The van der Waals surface area contributed by atoms with Crippen molar-refractivity contribution in [1.82, 2.24) is 4.90 Å². The quantitative estimate of drug-likeness (QED) is 0.221. The van der Waals surface area contributed by atoms with Crippen LogP contribution in [0.1, 0.15) is 36.5 Å². The van der Waals surface area contributed by atoms with E-state index in [0.29, 0.717) is 6.42 Å². The lowest BCUT2D eigenvalue weighted by atomic mass is 9.63. The van der Waals surface area contributed by atoms with Crippen LogP contribution in [0, 0.1) is 17.8 Å². The summed E-state index contributed by atoms with van der Waals surface area (Å²) in [5.41, 5.74) is 1.44. The van der Waals surface area contributed by atoms with E-state index in [1.807, 2.05) is 12.1 Å². The number of carbonyl (C=O) groups excluding carboxylic acids is 3. The van der Waals surface area contributed by atoms with E-state index in [2.05, 4.69) is 11.0 Å². The van der Waals surface area contributed by atoms with Crippen molar-refractivity contribution in [2.24, 2.45) is 22.7 Å². The average Bonchev–Trinajstić information content (AvgIpc) is 3.48. The minimum absolute atomic E-state index is 0.00242. The summed E-state index contributed by atoms with van der Waals surface area (Å²) in [6.07, 6.45) is -0.290. The zero-order valence-corrected chi connectivity index (χ0v) is 28.1. The van der Waals surface area contributed by atoms with Crippen LogP contribution in [0.4, 0.5) is 4.79 Å². The lowest BCUT2D eigenvalue weighted by molar-refractivity contribution is -0.176. The van der Waals surface area contributed by atoms with Gasteiger partial charge in [0.15, 0.2) is 11.5 Å². The van der Waals surface area contributed by atoms with Crippen LogP contribution in [0.3, 0.4) is 0 Å². The molecule has 0 aromatic heterocycles. The van der Waals surface area contributed by atoms with Gasteiger partial charge in [0.1, 0.15) is 18.0 Å². The molecule has 3 aliphatic heterocycles. The third-order valence-electron chi connectivity index (χ3n) is 10.1.